The molecule has 8 nitrogen and oxygen atoms in total. The first-order valence-electron chi connectivity index (χ1n) is 16.5. The highest BCUT2D eigenvalue weighted by Gasteiger charge is 2.22. The highest BCUT2D eigenvalue weighted by Crippen LogP contribution is 2.17. The average molecular weight is 636 g/mol. The summed E-state index contributed by atoms with van der Waals surface area (Å²) < 4.78 is 4.92. The van der Waals surface area contributed by atoms with Gasteiger partial charge in [-0.2, -0.15) is 0 Å². The lowest BCUT2D eigenvalue weighted by Crippen LogP contribution is -2.43. The van der Waals surface area contributed by atoms with E-state index < -0.39 is 0 Å². The van der Waals surface area contributed by atoms with Gasteiger partial charge in [0.2, 0.25) is 12.3 Å². The number of ketones is 1. The van der Waals surface area contributed by atoms with Crippen LogP contribution in [0.4, 0.5) is 0 Å². The Morgan fingerprint density at radius 2 is 1.46 bits per heavy atom. The Morgan fingerprint density at radius 1 is 0.891 bits per heavy atom. The molecule has 0 saturated carbocycles. The van der Waals surface area contributed by atoms with Gasteiger partial charge in [-0.25, -0.2) is 4.79 Å². The van der Waals surface area contributed by atoms with Gasteiger partial charge in [0, 0.05) is 29.8 Å². The van der Waals surface area contributed by atoms with Crippen molar-refractivity contribution in [3.63, 3.8) is 0 Å². The maximum Gasteiger partial charge on any atom is 0.333 e. The Balaban J connectivity index is 0.000000359. The standard InChI is InChI=1S/C14H24N2O4.C14H12O.C10H21N/c1-6-20-14(19)11(4)7-12(10(2)3)16(5)13(18)8-15-9-17;1-11-7-9-13(10-8-11)14(15)12-5-3-2-4-6-12;1-9(2)10(3)11-7-5-4-6-8-11/h7,9-10,12H,6,8H2,1-5H3,(H,15,17);2-10H,1H3;9-10H,4-8H2,1-3H3/b11-7+;;/t12-;;/m1../s1. The average Bonchev–Trinajstić information content (AvgIpc) is 3.06. The molecule has 0 aromatic heterocycles. The summed E-state index contributed by atoms with van der Waals surface area (Å²) in [7, 11) is 1.65. The number of likely N-dealkylation sites (tertiary alicyclic amines) is 1. The number of esters is 1. The quantitative estimate of drug-likeness (QED) is 0.124. The van der Waals surface area contributed by atoms with Crippen LogP contribution in [0.2, 0.25) is 0 Å². The van der Waals surface area contributed by atoms with E-state index in [4.69, 9.17) is 4.74 Å². The highest BCUT2D eigenvalue weighted by molar-refractivity contribution is 6.08. The van der Waals surface area contributed by atoms with E-state index in [2.05, 4.69) is 31.0 Å². The number of carbonyl (C=O) groups is 4. The zero-order valence-electron chi connectivity index (χ0n) is 29.5. The summed E-state index contributed by atoms with van der Waals surface area (Å²) in [6.07, 6.45) is 6.48. The van der Waals surface area contributed by atoms with Crippen LogP contribution >= 0.6 is 0 Å². The normalized spacial score (nSPS) is 14.5. The van der Waals surface area contributed by atoms with Crippen molar-refractivity contribution in [2.45, 2.75) is 86.7 Å². The third-order valence-electron chi connectivity index (χ3n) is 8.16. The van der Waals surface area contributed by atoms with E-state index >= 15 is 0 Å². The third-order valence-corrected chi connectivity index (χ3v) is 8.16. The lowest BCUT2D eigenvalue weighted by atomic mass is 10.00. The number of carbonyl (C=O) groups excluding carboxylic acids is 4. The van der Waals surface area contributed by atoms with Crippen molar-refractivity contribution in [3.8, 4) is 0 Å². The van der Waals surface area contributed by atoms with Crippen molar-refractivity contribution in [2.24, 2.45) is 11.8 Å². The molecule has 2 amide bonds. The minimum Gasteiger partial charge on any atom is -0.463 e. The number of rotatable bonds is 12. The summed E-state index contributed by atoms with van der Waals surface area (Å²) in [6.45, 7) is 19.2. The van der Waals surface area contributed by atoms with Crippen LogP contribution in [0.3, 0.4) is 0 Å². The Hall–Kier alpha value is -3.78. The zero-order chi connectivity index (χ0) is 34.6. The van der Waals surface area contributed by atoms with Gasteiger partial charge in [0.05, 0.1) is 19.2 Å². The molecule has 0 radical (unpaired) electrons. The van der Waals surface area contributed by atoms with Crippen molar-refractivity contribution in [1.29, 1.82) is 0 Å². The van der Waals surface area contributed by atoms with Crippen LogP contribution in [0.5, 0.6) is 0 Å². The van der Waals surface area contributed by atoms with Gasteiger partial charge >= 0.3 is 5.97 Å². The first-order valence-corrected chi connectivity index (χ1v) is 16.5. The molecule has 1 aliphatic rings. The van der Waals surface area contributed by atoms with E-state index in [1.807, 2.05) is 75.4 Å². The number of benzene rings is 2. The van der Waals surface area contributed by atoms with Gasteiger partial charge in [-0.1, -0.05) is 100 Å². The van der Waals surface area contributed by atoms with Gasteiger partial charge in [-0.3, -0.25) is 14.4 Å². The minimum atomic E-state index is -0.384. The molecule has 3 rings (SSSR count). The predicted octanol–water partition coefficient (Wildman–Crippen LogP) is 6.47. The number of nitrogens with one attached hydrogen (secondary N) is 1. The van der Waals surface area contributed by atoms with Crippen LogP contribution in [-0.4, -0.2) is 79.2 Å². The fraction of sp³-hybridized carbons (Fsp3) is 0.526. The summed E-state index contributed by atoms with van der Waals surface area (Å²) in [5.41, 5.74) is 3.11. The first-order chi connectivity index (χ1) is 21.8. The second kappa shape index (κ2) is 21.9. The minimum absolute atomic E-state index is 0.0600. The van der Waals surface area contributed by atoms with Gasteiger partial charge < -0.3 is 19.9 Å². The molecule has 0 aliphatic carbocycles. The van der Waals surface area contributed by atoms with E-state index in [0.717, 1.165) is 23.1 Å². The molecule has 46 heavy (non-hydrogen) atoms. The monoisotopic (exact) mass is 635 g/mol. The molecule has 1 aliphatic heterocycles. The maximum absolute atomic E-state index is 12.0. The lowest BCUT2D eigenvalue weighted by Gasteiger charge is -2.34. The van der Waals surface area contributed by atoms with Crippen LogP contribution in [0.1, 0.15) is 89.2 Å². The molecular formula is C38H57N3O5. The molecule has 0 bridgehead atoms. The second-order valence-corrected chi connectivity index (χ2v) is 12.5. The van der Waals surface area contributed by atoms with Gasteiger partial charge in [-0.15, -0.1) is 0 Å². The van der Waals surface area contributed by atoms with Crippen LogP contribution in [-0.2, 0) is 19.1 Å². The molecule has 1 N–H and O–H groups in total. The summed E-state index contributed by atoms with van der Waals surface area (Å²) in [5.74, 6) is 0.419. The Bertz CT molecular complexity index is 1220. The first kappa shape index (κ1) is 40.2. The number of piperidine rings is 1. The predicted molar refractivity (Wildman–Crippen MR) is 187 cm³/mol. The third kappa shape index (κ3) is 14.5. The number of likely N-dealkylation sites (N-methyl/N-ethyl adjacent to an activating group) is 1. The molecule has 0 spiro atoms. The van der Waals surface area contributed by atoms with Crippen molar-refractivity contribution < 1.29 is 23.9 Å². The van der Waals surface area contributed by atoms with Crippen molar-refractivity contribution >= 4 is 24.1 Å². The van der Waals surface area contributed by atoms with Crippen molar-refractivity contribution in [2.75, 3.05) is 33.3 Å². The Labute approximate surface area is 277 Å². The van der Waals surface area contributed by atoms with E-state index in [1.165, 1.54) is 42.8 Å². The number of ether oxygens (including phenoxy) is 1. The van der Waals surface area contributed by atoms with Gasteiger partial charge in [0.15, 0.2) is 5.78 Å². The molecule has 1 heterocycles. The van der Waals surface area contributed by atoms with Crippen LogP contribution in [0.25, 0.3) is 0 Å². The zero-order valence-corrected chi connectivity index (χ0v) is 29.5. The topological polar surface area (TPSA) is 96.0 Å². The Morgan fingerprint density at radius 3 is 1.96 bits per heavy atom. The summed E-state index contributed by atoms with van der Waals surface area (Å²) in [5, 5.41) is 2.34. The molecule has 2 atom stereocenters. The molecule has 1 saturated heterocycles. The molecule has 2 aromatic rings. The number of nitrogens with zero attached hydrogens (tertiary/aromatic N) is 2. The second-order valence-electron chi connectivity index (χ2n) is 12.5. The molecule has 2 aromatic carbocycles. The van der Waals surface area contributed by atoms with Crippen molar-refractivity contribution in [1.82, 2.24) is 15.1 Å². The summed E-state index contributed by atoms with van der Waals surface area (Å²) >= 11 is 0. The van der Waals surface area contributed by atoms with Gasteiger partial charge in [0.1, 0.15) is 0 Å². The smallest absolute Gasteiger partial charge is 0.333 e. The van der Waals surface area contributed by atoms with Gasteiger partial charge in [0.25, 0.3) is 0 Å². The lowest BCUT2D eigenvalue weighted by molar-refractivity contribution is -0.138. The molecular weight excluding hydrogens is 578 g/mol. The SMILES string of the molecule is CC(C)C(C)N1CCCCC1.CCOC(=O)/C(C)=C/[C@H](C(C)C)N(C)C(=O)CNC=O.Cc1ccc(C(=O)c2ccccc2)cc1. The summed E-state index contributed by atoms with van der Waals surface area (Å²) in [6, 6.07) is 17.5. The van der Waals surface area contributed by atoms with E-state index in [0.29, 0.717) is 18.6 Å². The Kier molecular flexibility index (Phi) is 19.1. The largest absolute Gasteiger partial charge is 0.463 e. The van der Waals surface area contributed by atoms with E-state index in [9.17, 15) is 19.2 Å². The fourth-order valence-electron chi connectivity index (χ4n) is 4.95. The summed E-state index contributed by atoms with van der Waals surface area (Å²) in [4.78, 5) is 49.8. The van der Waals surface area contributed by atoms with Crippen molar-refractivity contribution in [3.05, 3.63) is 82.9 Å². The molecule has 1 fully saturated rings. The molecule has 8 heteroatoms. The van der Waals surface area contributed by atoms with E-state index in [-0.39, 0.29) is 36.2 Å². The van der Waals surface area contributed by atoms with Crippen LogP contribution in [0, 0.1) is 18.8 Å². The molecule has 1 unspecified atom stereocenters. The number of amides is 2. The highest BCUT2D eigenvalue weighted by atomic mass is 16.5. The molecule has 254 valence electrons. The maximum atomic E-state index is 12.0. The number of aryl methyl sites for hydroxylation is 1. The van der Waals surface area contributed by atoms with Gasteiger partial charge in [-0.05, 0) is 65.5 Å². The van der Waals surface area contributed by atoms with E-state index in [1.54, 1.807) is 27.0 Å². The number of hydrogen-bond acceptors (Lipinski definition) is 6. The number of hydrogen-bond donors (Lipinski definition) is 1. The van der Waals surface area contributed by atoms with Crippen LogP contribution in [0.15, 0.2) is 66.2 Å². The fourth-order valence-corrected chi connectivity index (χ4v) is 4.95. The van der Waals surface area contributed by atoms with Crippen LogP contribution < -0.4 is 5.32 Å².